The summed E-state index contributed by atoms with van der Waals surface area (Å²) in [6.07, 6.45) is 0. The van der Waals surface area contributed by atoms with E-state index in [2.05, 4.69) is 10.4 Å². The van der Waals surface area contributed by atoms with Gasteiger partial charge in [0.15, 0.2) is 10.9 Å². The van der Waals surface area contributed by atoms with Gasteiger partial charge in [-0.2, -0.15) is 0 Å². The smallest absolute Gasteiger partial charge is 0.238 e. The monoisotopic (exact) mass is 477 g/mol. The number of benzene rings is 3. The number of thiocarbonyl (C=S) groups is 1. The number of aromatic nitrogens is 2. The number of hydrogen-bond acceptors (Lipinski definition) is 4. The topological polar surface area (TPSA) is 93.2 Å². The van der Waals surface area contributed by atoms with Gasteiger partial charge in [0.1, 0.15) is 0 Å². The summed E-state index contributed by atoms with van der Waals surface area (Å²) in [5, 5.41) is 13.7. The van der Waals surface area contributed by atoms with E-state index in [1.54, 1.807) is 16.8 Å². The molecule has 0 spiro atoms. The fourth-order valence-electron chi connectivity index (χ4n) is 3.36. The van der Waals surface area contributed by atoms with Gasteiger partial charge in [-0.05, 0) is 42.0 Å². The van der Waals surface area contributed by atoms with Crippen LogP contribution in [0.2, 0.25) is 0 Å². The Morgan fingerprint density at radius 3 is 2.21 bits per heavy atom. The van der Waals surface area contributed by atoms with Crippen LogP contribution in [0.5, 0.6) is 0 Å². The molecule has 0 saturated carbocycles. The summed E-state index contributed by atoms with van der Waals surface area (Å²) in [7, 11) is -1.85. The first-order chi connectivity index (χ1) is 15.8. The van der Waals surface area contributed by atoms with Crippen LogP contribution in [-0.4, -0.2) is 35.3 Å². The summed E-state index contributed by atoms with van der Waals surface area (Å²) in [5.41, 5.74) is 3.62. The van der Waals surface area contributed by atoms with Gasteiger partial charge in [0, 0.05) is 25.2 Å². The van der Waals surface area contributed by atoms with Gasteiger partial charge >= 0.3 is 0 Å². The Kier molecular flexibility index (Phi) is 6.55. The molecule has 0 radical (unpaired) electrons. The van der Waals surface area contributed by atoms with Crippen molar-refractivity contribution >= 4 is 33.2 Å². The molecule has 3 N–H and O–H groups in total. The van der Waals surface area contributed by atoms with Crippen molar-refractivity contribution in [3.8, 4) is 16.9 Å². The van der Waals surface area contributed by atoms with E-state index in [0.717, 1.165) is 16.8 Å². The Morgan fingerprint density at radius 2 is 1.61 bits per heavy atom. The van der Waals surface area contributed by atoms with E-state index in [-0.39, 0.29) is 4.90 Å². The minimum Gasteiger partial charge on any atom is -0.348 e. The van der Waals surface area contributed by atoms with Gasteiger partial charge in [0.25, 0.3) is 0 Å². The molecule has 33 heavy (non-hydrogen) atoms. The number of hydrogen-bond donors (Lipinski definition) is 2. The Hall–Kier alpha value is -3.53. The highest BCUT2D eigenvalue weighted by molar-refractivity contribution is 7.89. The van der Waals surface area contributed by atoms with E-state index in [1.165, 1.54) is 12.1 Å². The second-order valence-corrected chi connectivity index (χ2v) is 9.45. The molecule has 1 heterocycles. The Labute approximate surface area is 198 Å². The lowest BCUT2D eigenvalue weighted by atomic mass is 10.1. The van der Waals surface area contributed by atoms with Crippen LogP contribution in [0.4, 0.5) is 5.82 Å². The van der Waals surface area contributed by atoms with Crippen LogP contribution in [0, 0.1) is 0 Å². The van der Waals surface area contributed by atoms with E-state index in [1.807, 2.05) is 78.7 Å². The third-order valence-corrected chi connectivity index (χ3v) is 6.38. The van der Waals surface area contributed by atoms with Crippen molar-refractivity contribution < 1.29 is 8.42 Å². The molecule has 3 aromatic carbocycles. The molecule has 9 heteroatoms. The van der Waals surface area contributed by atoms with Crippen molar-refractivity contribution in [1.29, 1.82) is 0 Å². The molecule has 0 aliphatic carbocycles. The highest BCUT2D eigenvalue weighted by Crippen LogP contribution is 2.26. The molecular weight excluding hydrogens is 454 g/mol. The molecule has 0 atom stereocenters. The van der Waals surface area contributed by atoms with E-state index in [0.29, 0.717) is 23.2 Å². The number of nitrogens with one attached hydrogen (secondary N) is 1. The predicted octanol–water partition coefficient (Wildman–Crippen LogP) is 4.02. The molecule has 4 rings (SSSR count). The van der Waals surface area contributed by atoms with Gasteiger partial charge in [-0.3, -0.25) is 0 Å². The second kappa shape index (κ2) is 9.53. The standard InChI is InChI=1S/C24H23N5O2S2/c1-28(17-18-8-4-2-5-9-18)24(32)26-23-16-22(19-10-6-3-7-11-19)29(27-23)20-12-14-21(15-13-20)33(25,30)31/h2-16H,17H2,1H3,(H2,25,30,31)(H,26,27,32). The third kappa shape index (κ3) is 5.46. The summed E-state index contributed by atoms with van der Waals surface area (Å²) in [6, 6.07) is 28.0. The van der Waals surface area contributed by atoms with E-state index >= 15 is 0 Å². The lowest BCUT2D eigenvalue weighted by molar-refractivity contribution is 0.508. The second-order valence-electron chi connectivity index (χ2n) is 7.50. The fraction of sp³-hybridized carbons (Fsp3) is 0.0833. The molecule has 0 saturated heterocycles. The first kappa shape index (κ1) is 22.7. The number of primary sulfonamides is 1. The summed E-state index contributed by atoms with van der Waals surface area (Å²) < 4.78 is 25.0. The van der Waals surface area contributed by atoms with Gasteiger partial charge < -0.3 is 10.2 Å². The van der Waals surface area contributed by atoms with Crippen molar-refractivity contribution in [3.63, 3.8) is 0 Å². The average Bonchev–Trinajstić information content (AvgIpc) is 3.23. The van der Waals surface area contributed by atoms with Crippen molar-refractivity contribution in [2.45, 2.75) is 11.4 Å². The molecule has 0 amide bonds. The maximum Gasteiger partial charge on any atom is 0.238 e. The molecule has 7 nitrogen and oxygen atoms in total. The minimum atomic E-state index is -3.77. The lowest BCUT2D eigenvalue weighted by Gasteiger charge is -2.20. The molecule has 4 aromatic rings. The Balaban J connectivity index is 1.63. The summed E-state index contributed by atoms with van der Waals surface area (Å²) >= 11 is 5.59. The van der Waals surface area contributed by atoms with Crippen molar-refractivity contribution in [1.82, 2.24) is 14.7 Å². The Morgan fingerprint density at radius 1 is 1.00 bits per heavy atom. The number of sulfonamides is 1. The lowest BCUT2D eigenvalue weighted by Crippen LogP contribution is -2.30. The van der Waals surface area contributed by atoms with E-state index in [4.69, 9.17) is 17.4 Å². The SMILES string of the molecule is CN(Cc1ccccc1)C(=S)Nc1cc(-c2ccccc2)n(-c2ccc(S(N)(=O)=O)cc2)n1. The maximum absolute atomic E-state index is 11.6. The fourth-order valence-corrected chi connectivity index (χ4v) is 4.05. The first-order valence-corrected chi connectivity index (χ1v) is 12.1. The molecular formula is C24H23N5O2S2. The zero-order chi connectivity index (χ0) is 23.4. The van der Waals surface area contributed by atoms with Gasteiger partial charge in [-0.1, -0.05) is 60.7 Å². The maximum atomic E-state index is 11.6. The van der Waals surface area contributed by atoms with Crippen molar-refractivity contribution in [2.24, 2.45) is 5.14 Å². The van der Waals surface area contributed by atoms with Gasteiger partial charge in [0.05, 0.1) is 16.3 Å². The number of rotatable bonds is 6. The van der Waals surface area contributed by atoms with E-state index < -0.39 is 10.0 Å². The summed E-state index contributed by atoms with van der Waals surface area (Å²) in [4.78, 5) is 1.98. The zero-order valence-corrected chi connectivity index (χ0v) is 19.6. The van der Waals surface area contributed by atoms with Crippen LogP contribution in [-0.2, 0) is 16.6 Å². The number of nitrogens with two attached hydrogens (primary N) is 1. The van der Waals surface area contributed by atoms with Crippen LogP contribution in [0.1, 0.15) is 5.56 Å². The van der Waals surface area contributed by atoms with Gasteiger partial charge in [0.2, 0.25) is 10.0 Å². The minimum absolute atomic E-state index is 0.0433. The third-order valence-electron chi connectivity index (χ3n) is 5.03. The quantitative estimate of drug-likeness (QED) is 0.408. The molecule has 0 aliphatic heterocycles. The van der Waals surface area contributed by atoms with Crippen LogP contribution in [0.15, 0.2) is 95.9 Å². The molecule has 1 aromatic heterocycles. The largest absolute Gasteiger partial charge is 0.348 e. The van der Waals surface area contributed by atoms with E-state index in [9.17, 15) is 8.42 Å². The van der Waals surface area contributed by atoms with Crippen LogP contribution < -0.4 is 10.5 Å². The predicted molar refractivity (Wildman–Crippen MR) is 135 cm³/mol. The molecule has 0 aliphatic rings. The highest BCUT2D eigenvalue weighted by Gasteiger charge is 2.15. The van der Waals surface area contributed by atoms with Crippen molar-refractivity contribution in [3.05, 3.63) is 96.6 Å². The van der Waals surface area contributed by atoms with Crippen molar-refractivity contribution in [2.75, 3.05) is 12.4 Å². The average molecular weight is 478 g/mol. The number of nitrogens with zero attached hydrogens (tertiary/aromatic N) is 3. The normalized spacial score (nSPS) is 11.2. The van der Waals surface area contributed by atoms with Crippen LogP contribution in [0.3, 0.4) is 0 Å². The highest BCUT2D eigenvalue weighted by atomic mass is 32.2. The van der Waals surface area contributed by atoms with Gasteiger partial charge in [-0.25, -0.2) is 18.2 Å². The van der Waals surface area contributed by atoms with Crippen LogP contribution in [0.25, 0.3) is 16.9 Å². The first-order valence-electron chi connectivity index (χ1n) is 10.2. The molecule has 0 fully saturated rings. The van der Waals surface area contributed by atoms with Gasteiger partial charge in [-0.15, -0.1) is 5.10 Å². The summed E-state index contributed by atoms with van der Waals surface area (Å²) in [5.74, 6) is 0.578. The number of anilines is 1. The Bertz CT molecular complexity index is 1350. The molecule has 0 bridgehead atoms. The molecule has 168 valence electrons. The molecule has 0 unspecified atom stereocenters. The zero-order valence-electron chi connectivity index (χ0n) is 17.9. The van der Waals surface area contributed by atoms with Crippen LogP contribution >= 0.6 is 12.2 Å². The summed E-state index contributed by atoms with van der Waals surface area (Å²) in [6.45, 7) is 0.661.